The molecule has 144 valence electrons. The number of hydrogen-bond acceptors (Lipinski definition) is 5. The highest BCUT2D eigenvalue weighted by atomic mass is 16.5. The van der Waals surface area contributed by atoms with Gasteiger partial charge in [0, 0.05) is 43.7 Å². The molecule has 8 heteroatoms. The summed E-state index contributed by atoms with van der Waals surface area (Å²) in [6, 6.07) is 2.50. The van der Waals surface area contributed by atoms with Crippen molar-refractivity contribution in [3.63, 3.8) is 0 Å². The second-order valence-corrected chi connectivity index (χ2v) is 7.54. The maximum absolute atomic E-state index is 12.2. The van der Waals surface area contributed by atoms with E-state index < -0.39 is 0 Å². The lowest BCUT2D eigenvalue weighted by Crippen LogP contribution is -2.52. The molecule has 8 nitrogen and oxygen atoms in total. The highest BCUT2D eigenvalue weighted by molar-refractivity contribution is 5.87. The first-order chi connectivity index (χ1) is 13.6. The topological polar surface area (TPSA) is 77.6 Å². The van der Waals surface area contributed by atoms with Gasteiger partial charge in [-0.3, -0.25) is 9.48 Å². The van der Waals surface area contributed by atoms with Gasteiger partial charge in [0.15, 0.2) is 0 Å². The average molecular weight is 378 g/mol. The van der Waals surface area contributed by atoms with E-state index >= 15 is 0 Å². The Bertz CT molecular complexity index is 1040. The molecule has 0 unspecified atom stereocenters. The average Bonchev–Trinajstić information content (AvgIpc) is 3.20. The maximum atomic E-state index is 12.2. The number of aryl methyl sites for hydroxylation is 1. The number of carbonyl (C=O) groups is 1. The number of fused-ring (bicyclic) bond motifs is 1. The van der Waals surface area contributed by atoms with Crippen LogP contribution in [-0.2, 0) is 11.8 Å². The minimum Gasteiger partial charge on any atom is -0.473 e. The molecular weight excluding hydrogens is 356 g/mol. The predicted octanol–water partition coefficient (Wildman–Crippen LogP) is 2.22. The Kier molecular flexibility index (Phi) is 3.92. The van der Waals surface area contributed by atoms with E-state index in [-0.39, 0.29) is 18.1 Å². The Balaban J connectivity index is 1.35. The van der Waals surface area contributed by atoms with Gasteiger partial charge in [0.25, 0.3) is 0 Å². The zero-order valence-corrected chi connectivity index (χ0v) is 15.7. The lowest BCUT2D eigenvalue weighted by molar-refractivity contribution is -0.132. The Morgan fingerprint density at radius 3 is 2.79 bits per heavy atom. The number of rotatable bonds is 6. The van der Waals surface area contributed by atoms with E-state index in [0.29, 0.717) is 11.9 Å². The van der Waals surface area contributed by atoms with Crippen LogP contribution < -0.4 is 4.74 Å². The fourth-order valence-corrected chi connectivity index (χ4v) is 3.81. The normalized spacial score (nSPS) is 21.3. The van der Waals surface area contributed by atoms with Crippen LogP contribution in [0.3, 0.4) is 0 Å². The van der Waals surface area contributed by atoms with E-state index in [9.17, 15) is 4.79 Å². The minimum atomic E-state index is 0.0285. The van der Waals surface area contributed by atoms with Gasteiger partial charge in [-0.2, -0.15) is 10.2 Å². The van der Waals surface area contributed by atoms with Crippen LogP contribution >= 0.6 is 0 Å². The molecule has 2 aliphatic carbocycles. The van der Waals surface area contributed by atoms with Gasteiger partial charge in [-0.05, 0) is 25.0 Å². The summed E-state index contributed by atoms with van der Waals surface area (Å²) in [4.78, 5) is 18.9. The minimum absolute atomic E-state index is 0.0285. The molecule has 0 saturated heterocycles. The lowest BCUT2D eigenvalue weighted by atomic mass is 9.87. The van der Waals surface area contributed by atoms with Gasteiger partial charge in [-0.15, -0.1) is 0 Å². The third-order valence-corrected chi connectivity index (χ3v) is 5.47. The summed E-state index contributed by atoms with van der Waals surface area (Å²) in [5.74, 6) is 0.594. The third-order valence-electron chi connectivity index (χ3n) is 5.47. The quantitative estimate of drug-likeness (QED) is 0.615. The van der Waals surface area contributed by atoms with Crippen molar-refractivity contribution >= 4 is 11.4 Å². The number of aromatic nitrogens is 5. The number of amides is 1. The van der Waals surface area contributed by atoms with E-state index in [4.69, 9.17) is 9.72 Å². The Labute approximate surface area is 162 Å². The van der Waals surface area contributed by atoms with Crippen molar-refractivity contribution in [3.05, 3.63) is 43.5 Å². The van der Waals surface area contributed by atoms with Gasteiger partial charge < -0.3 is 9.64 Å². The molecule has 3 aromatic rings. The van der Waals surface area contributed by atoms with Crippen LogP contribution in [0.1, 0.15) is 25.7 Å². The van der Waals surface area contributed by atoms with Crippen LogP contribution in [0.5, 0.6) is 5.88 Å². The fraction of sp³-hybridized carbons (Fsp3) is 0.400. The second-order valence-electron chi connectivity index (χ2n) is 7.54. The van der Waals surface area contributed by atoms with E-state index in [1.807, 2.05) is 30.4 Å². The molecule has 0 bridgehead atoms. The molecule has 3 heterocycles. The van der Waals surface area contributed by atoms with Crippen LogP contribution in [-0.4, -0.2) is 53.4 Å². The Morgan fingerprint density at radius 2 is 2.11 bits per heavy atom. The van der Waals surface area contributed by atoms with Crippen LogP contribution in [0.4, 0.5) is 0 Å². The van der Waals surface area contributed by atoms with Gasteiger partial charge in [0.05, 0.1) is 24.3 Å². The monoisotopic (exact) mass is 378 g/mol. The van der Waals surface area contributed by atoms with E-state index in [0.717, 1.165) is 42.5 Å². The van der Waals surface area contributed by atoms with Gasteiger partial charge in [0.1, 0.15) is 11.6 Å². The first-order valence-electron chi connectivity index (χ1n) is 9.57. The van der Waals surface area contributed by atoms with Crippen molar-refractivity contribution in [3.8, 4) is 17.1 Å². The summed E-state index contributed by atoms with van der Waals surface area (Å²) in [7, 11) is 1.87. The summed E-state index contributed by atoms with van der Waals surface area (Å²) >= 11 is 0. The molecule has 2 saturated carbocycles. The summed E-state index contributed by atoms with van der Waals surface area (Å²) in [5.41, 5.74) is 2.50. The molecule has 0 aromatic carbocycles. The Hall–Kier alpha value is -3.16. The smallest absolute Gasteiger partial charge is 0.246 e. The summed E-state index contributed by atoms with van der Waals surface area (Å²) in [6.07, 6.45) is 12.6. The van der Waals surface area contributed by atoms with Crippen molar-refractivity contribution in [1.82, 2.24) is 29.3 Å². The molecule has 1 amide bonds. The number of carbonyl (C=O) groups excluding carboxylic acids is 1. The van der Waals surface area contributed by atoms with Crippen molar-refractivity contribution in [2.24, 2.45) is 7.05 Å². The summed E-state index contributed by atoms with van der Waals surface area (Å²) in [5, 5.41) is 8.55. The van der Waals surface area contributed by atoms with Crippen LogP contribution in [0.15, 0.2) is 43.5 Å². The molecule has 28 heavy (non-hydrogen) atoms. The standard InChI is InChI=1S/C20H22N6O2/c1-3-19(27)26(14-4-5-14)15-8-16(9-15)28-20-18-6-7-21-25(18)12-17(23-20)13-10-22-24(2)11-13/h3,6-7,10-12,14-16H,1,4-5,8-9H2,2H3. The van der Waals surface area contributed by atoms with Crippen molar-refractivity contribution < 1.29 is 9.53 Å². The predicted molar refractivity (Wildman–Crippen MR) is 103 cm³/mol. The first-order valence-corrected chi connectivity index (χ1v) is 9.57. The van der Waals surface area contributed by atoms with Crippen molar-refractivity contribution in [2.45, 2.75) is 43.9 Å². The second kappa shape index (κ2) is 6.47. The van der Waals surface area contributed by atoms with E-state index in [1.165, 1.54) is 6.08 Å². The number of nitrogens with zero attached hydrogens (tertiary/aromatic N) is 6. The molecule has 5 rings (SSSR count). The zero-order valence-electron chi connectivity index (χ0n) is 15.7. The molecule has 3 aromatic heterocycles. The molecule has 0 N–H and O–H groups in total. The molecule has 0 spiro atoms. The van der Waals surface area contributed by atoms with Crippen LogP contribution in [0.25, 0.3) is 16.8 Å². The van der Waals surface area contributed by atoms with E-state index in [1.54, 1.807) is 21.6 Å². The molecule has 2 aliphatic rings. The summed E-state index contributed by atoms with van der Waals surface area (Å²) in [6.45, 7) is 3.64. The SMILES string of the molecule is C=CC(=O)N(C1CC1)C1CC(Oc2nc(-c3cnn(C)c3)cn3nccc23)C1. The first kappa shape index (κ1) is 17.0. The molecular formula is C20H22N6O2. The molecule has 0 aliphatic heterocycles. The lowest BCUT2D eigenvalue weighted by Gasteiger charge is -2.42. The zero-order chi connectivity index (χ0) is 19.3. The maximum Gasteiger partial charge on any atom is 0.246 e. The van der Waals surface area contributed by atoms with Crippen LogP contribution in [0.2, 0.25) is 0 Å². The Morgan fingerprint density at radius 1 is 1.29 bits per heavy atom. The van der Waals surface area contributed by atoms with Crippen molar-refractivity contribution in [2.75, 3.05) is 0 Å². The highest BCUT2D eigenvalue weighted by Crippen LogP contribution is 2.38. The molecule has 0 atom stereocenters. The molecule has 2 fully saturated rings. The van der Waals surface area contributed by atoms with E-state index in [2.05, 4.69) is 16.8 Å². The number of ether oxygens (including phenoxy) is 1. The largest absolute Gasteiger partial charge is 0.473 e. The van der Waals surface area contributed by atoms with Gasteiger partial charge in [-0.25, -0.2) is 9.50 Å². The highest BCUT2D eigenvalue weighted by Gasteiger charge is 2.43. The van der Waals surface area contributed by atoms with Crippen molar-refractivity contribution in [1.29, 1.82) is 0 Å². The van der Waals surface area contributed by atoms with Gasteiger partial charge >= 0.3 is 0 Å². The van der Waals surface area contributed by atoms with Gasteiger partial charge in [0.2, 0.25) is 11.8 Å². The number of hydrogen-bond donors (Lipinski definition) is 0. The fourth-order valence-electron chi connectivity index (χ4n) is 3.81. The van der Waals surface area contributed by atoms with Gasteiger partial charge in [-0.1, -0.05) is 6.58 Å². The third kappa shape index (κ3) is 2.94. The molecule has 0 radical (unpaired) electrons. The summed E-state index contributed by atoms with van der Waals surface area (Å²) < 4.78 is 9.74. The van der Waals surface area contributed by atoms with Crippen LogP contribution in [0, 0.1) is 0 Å².